The lowest BCUT2D eigenvalue weighted by Crippen LogP contribution is -2.20. The Morgan fingerprint density at radius 3 is 2.57 bits per heavy atom. The third-order valence-electron chi connectivity index (χ3n) is 3.60. The molecule has 0 aliphatic carbocycles. The summed E-state index contributed by atoms with van der Waals surface area (Å²) in [6.07, 6.45) is 1.73. The number of aromatic nitrogens is 1. The molecule has 1 N–H and O–H groups in total. The number of methoxy groups -OCH3 is 2. The van der Waals surface area contributed by atoms with Crippen molar-refractivity contribution < 1.29 is 9.47 Å². The predicted octanol–water partition coefficient (Wildman–Crippen LogP) is 3.26. The molecule has 0 saturated carbocycles. The van der Waals surface area contributed by atoms with Gasteiger partial charge in [-0.15, -0.1) is 0 Å². The smallest absolute Gasteiger partial charge is 0.183 e. The van der Waals surface area contributed by atoms with Crippen molar-refractivity contribution in [2.75, 3.05) is 14.2 Å². The largest absolute Gasteiger partial charge is 0.493 e. The standard InChI is InChI=1S/C17H22N2O2/c1-12-7-5-6-8-14(12)13(2)19-11-15-17(21-4)16(20-3)9-10-18-15/h5-10,13,19H,11H2,1-4H3/t13-/m1/s1. The zero-order valence-electron chi connectivity index (χ0n) is 13.0. The zero-order valence-corrected chi connectivity index (χ0v) is 13.0. The quantitative estimate of drug-likeness (QED) is 0.885. The van der Waals surface area contributed by atoms with Crippen LogP contribution in [0.1, 0.15) is 29.8 Å². The van der Waals surface area contributed by atoms with E-state index in [-0.39, 0.29) is 6.04 Å². The number of pyridine rings is 1. The molecule has 0 aliphatic rings. The van der Waals surface area contributed by atoms with Gasteiger partial charge < -0.3 is 14.8 Å². The third kappa shape index (κ3) is 3.52. The summed E-state index contributed by atoms with van der Waals surface area (Å²) in [6.45, 7) is 4.89. The van der Waals surface area contributed by atoms with Crippen molar-refractivity contribution in [3.63, 3.8) is 0 Å². The van der Waals surface area contributed by atoms with E-state index in [0.717, 1.165) is 5.69 Å². The molecule has 0 unspecified atom stereocenters. The summed E-state index contributed by atoms with van der Waals surface area (Å²) in [5, 5.41) is 3.48. The summed E-state index contributed by atoms with van der Waals surface area (Å²) in [6, 6.07) is 10.4. The monoisotopic (exact) mass is 286 g/mol. The molecular weight excluding hydrogens is 264 g/mol. The predicted molar refractivity (Wildman–Crippen MR) is 83.8 cm³/mol. The number of nitrogens with zero attached hydrogens (tertiary/aromatic N) is 1. The molecule has 0 bridgehead atoms. The van der Waals surface area contributed by atoms with Crippen LogP contribution in [-0.2, 0) is 6.54 Å². The van der Waals surface area contributed by atoms with Gasteiger partial charge in [-0.1, -0.05) is 24.3 Å². The maximum atomic E-state index is 5.40. The number of nitrogens with one attached hydrogen (secondary N) is 1. The second-order valence-corrected chi connectivity index (χ2v) is 4.95. The summed E-state index contributed by atoms with van der Waals surface area (Å²) < 4.78 is 10.7. The highest BCUT2D eigenvalue weighted by Gasteiger charge is 2.13. The highest BCUT2D eigenvalue weighted by molar-refractivity contribution is 5.42. The Labute approximate surface area is 126 Å². The molecule has 21 heavy (non-hydrogen) atoms. The molecule has 0 spiro atoms. The van der Waals surface area contributed by atoms with E-state index >= 15 is 0 Å². The van der Waals surface area contributed by atoms with Crippen LogP contribution in [0.15, 0.2) is 36.5 Å². The van der Waals surface area contributed by atoms with Gasteiger partial charge in [0.25, 0.3) is 0 Å². The molecule has 112 valence electrons. The van der Waals surface area contributed by atoms with Crippen molar-refractivity contribution in [1.82, 2.24) is 10.3 Å². The molecule has 1 atom stereocenters. The first-order valence-corrected chi connectivity index (χ1v) is 7.02. The summed E-state index contributed by atoms with van der Waals surface area (Å²) in [5.74, 6) is 1.39. The second kappa shape index (κ2) is 7.09. The molecule has 2 aromatic rings. The van der Waals surface area contributed by atoms with Crippen molar-refractivity contribution in [3.8, 4) is 11.5 Å². The molecular formula is C17H22N2O2. The second-order valence-electron chi connectivity index (χ2n) is 4.95. The fourth-order valence-electron chi connectivity index (χ4n) is 2.41. The van der Waals surface area contributed by atoms with E-state index in [1.807, 2.05) is 0 Å². The van der Waals surface area contributed by atoms with Crippen LogP contribution in [0.2, 0.25) is 0 Å². The van der Waals surface area contributed by atoms with Gasteiger partial charge in [0.1, 0.15) is 0 Å². The molecule has 0 aliphatic heterocycles. The van der Waals surface area contributed by atoms with Crippen LogP contribution in [0, 0.1) is 6.92 Å². The Balaban J connectivity index is 2.11. The lowest BCUT2D eigenvalue weighted by molar-refractivity contribution is 0.347. The molecule has 4 nitrogen and oxygen atoms in total. The summed E-state index contributed by atoms with van der Waals surface area (Å²) in [5.41, 5.74) is 3.42. The highest BCUT2D eigenvalue weighted by atomic mass is 16.5. The van der Waals surface area contributed by atoms with E-state index in [4.69, 9.17) is 9.47 Å². The zero-order chi connectivity index (χ0) is 15.2. The minimum absolute atomic E-state index is 0.240. The first kappa shape index (κ1) is 15.3. The van der Waals surface area contributed by atoms with E-state index in [2.05, 4.69) is 48.4 Å². The molecule has 1 aromatic carbocycles. The Morgan fingerprint density at radius 1 is 1.14 bits per heavy atom. The molecule has 0 amide bonds. The van der Waals surface area contributed by atoms with Gasteiger partial charge in [-0.05, 0) is 25.0 Å². The number of aryl methyl sites for hydroxylation is 1. The van der Waals surface area contributed by atoms with Crippen molar-refractivity contribution in [2.24, 2.45) is 0 Å². The van der Waals surface area contributed by atoms with Crippen LogP contribution in [0.4, 0.5) is 0 Å². The van der Waals surface area contributed by atoms with Crippen LogP contribution in [0.25, 0.3) is 0 Å². The topological polar surface area (TPSA) is 43.4 Å². The first-order chi connectivity index (χ1) is 10.2. The SMILES string of the molecule is COc1ccnc(CN[C@H](C)c2ccccc2C)c1OC. The Morgan fingerprint density at radius 2 is 1.90 bits per heavy atom. The van der Waals surface area contributed by atoms with Crippen molar-refractivity contribution in [3.05, 3.63) is 53.3 Å². The molecule has 0 radical (unpaired) electrons. The lowest BCUT2D eigenvalue weighted by Gasteiger charge is -2.18. The van der Waals surface area contributed by atoms with Crippen LogP contribution in [0.5, 0.6) is 11.5 Å². The average Bonchev–Trinajstić information content (AvgIpc) is 2.52. The highest BCUT2D eigenvalue weighted by Crippen LogP contribution is 2.29. The van der Waals surface area contributed by atoms with Gasteiger partial charge in [0.2, 0.25) is 0 Å². The van der Waals surface area contributed by atoms with Crippen molar-refractivity contribution in [2.45, 2.75) is 26.4 Å². The van der Waals surface area contributed by atoms with E-state index in [9.17, 15) is 0 Å². The maximum Gasteiger partial charge on any atom is 0.183 e. The van der Waals surface area contributed by atoms with Gasteiger partial charge in [-0.2, -0.15) is 0 Å². The number of ether oxygens (including phenoxy) is 2. The number of rotatable bonds is 6. The van der Waals surface area contributed by atoms with E-state index in [0.29, 0.717) is 18.0 Å². The number of hydrogen-bond acceptors (Lipinski definition) is 4. The van der Waals surface area contributed by atoms with Crippen LogP contribution in [0.3, 0.4) is 0 Å². The fourth-order valence-corrected chi connectivity index (χ4v) is 2.41. The fraction of sp³-hybridized carbons (Fsp3) is 0.353. The normalized spacial score (nSPS) is 12.0. The summed E-state index contributed by atoms with van der Waals surface area (Å²) >= 11 is 0. The molecule has 2 rings (SSSR count). The van der Waals surface area contributed by atoms with E-state index in [1.165, 1.54) is 11.1 Å². The van der Waals surface area contributed by atoms with Gasteiger partial charge in [-0.25, -0.2) is 0 Å². The number of hydrogen-bond donors (Lipinski definition) is 1. The summed E-state index contributed by atoms with van der Waals surface area (Å²) in [4.78, 5) is 4.38. The minimum Gasteiger partial charge on any atom is -0.493 e. The Kier molecular flexibility index (Phi) is 5.17. The Hall–Kier alpha value is -2.07. The number of benzene rings is 1. The van der Waals surface area contributed by atoms with Gasteiger partial charge in [0.05, 0.1) is 19.9 Å². The van der Waals surface area contributed by atoms with Crippen molar-refractivity contribution >= 4 is 0 Å². The van der Waals surface area contributed by atoms with Gasteiger partial charge in [0.15, 0.2) is 11.5 Å². The molecule has 0 fully saturated rings. The average molecular weight is 286 g/mol. The third-order valence-corrected chi connectivity index (χ3v) is 3.60. The van der Waals surface area contributed by atoms with Gasteiger partial charge in [-0.3, -0.25) is 4.98 Å². The first-order valence-electron chi connectivity index (χ1n) is 7.02. The maximum absolute atomic E-state index is 5.40. The van der Waals surface area contributed by atoms with Crippen LogP contribution in [-0.4, -0.2) is 19.2 Å². The van der Waals surface area contributed by atoms with Crippen LogP contribution < -0.4 is 14.8 Å². The van der Waals surface area contributed by atoms with E-state index in [1.54, 1.807) is 26.5 Å². The lowest BCUT2D eigenvalue weighted by atomic mass is 10.0. The molecule has 1 aromatic heterocycles. The minimum atomic E-state index is 0.240. The molecule has 1 heterocycles. The Bertz CT molecular complexity index is 599. The van der Waals surface area contributed by atoms with Gasteiger partial charge >= 0.3 is 0 Å². The summed E-state index contributed by atoms with van der Waals surface area (Å²) in [7, 11) is 3.26. The molecule has 0 saturated heterocycles. The molecule has 4 heteroatoms. The van der Waals surface area contributed by atoms with Crippen molar-refractivity contribution in [1.29, 1.82) is 0 Å². The van der Waals surface area contributed by atoms with E-state index < -0.39 is 0 Å². The van der Waals surface area contributed by atoms with Crippen LogP contribution >= 0.6 is 0 Å². The van der Waals surface area contributed by atoms with Gasteiger partial charge in [0, 0.05) is 24.8 Å².